The van der Waals surface area contributed by atoms with Gasteiger partial charge in [-0.3, -0.25) is 9.59 Å². The van der Waals surface area contributed by atoms with Gasteiger partial charge in [0.25, 0.3) is 0 Å². The number of aryl methyl sites for hydroxylation is 1. The first-order valence-electron chi connectivity index (χ1n) is 12.2. The average Bonchev–Trinajstić information content (AvgIpc) is 3.20. The first kappa shape index (κ1) is 22.9. The van der Waals surface area contributed by atoms with E-state index in [1.807, 2.05) is 55.5 Å². The Labute approximate surface area is 231 Å². The average molecular weight is 615 g/mol. The number of imide groups is 1. The maximum absolute atomic E-state index is 14.1. The first-order chi connectivity index (χ1) is 17.8. The second-order valence-corrected chi connectivity index (χ2v) is 12.4. The van der Waals surface area contributed by atoms with E-state index in [9.17, 15) is 9.59 Å². The molecule has 2 bridgehead atoms. The largest absolute Gasteiger partial charge is 0.457 e. The van der Waals surface area contributed by atoms with Crippen molar-refractivity contribution in [1.29, 1.82) is 0 Å². The van der Waals surface area contributed by atoms with Gasteiger partial charge in [0.15, 0.2) is 0 Å². The number of anilines is 1. The molecule has 0 saturated carbocycles. The summed E-state index contributed by atoms with van der Waals surface area (Å²) in [5.41, 5.74) is 5.80. The molecular weight excluding hydrogens is 594 g/mol. The van der Waals surface area contributed by atoms with Crippen molar-refractivity contribution in [3.05, 3.63) is 125 Å². The van der Waals surface area contributed by atoms with Gasteiger partial charge in [0.1, 0.15) is 11.5 Å². The van der Waals surface area contributed by atoms with Gasteiger partial charge in [-0.25, -0.2) is 4.90 Å². The van der Waals surface area contributed by atoms with Gasteiger partial charge in [-0.1, -0.05) is 98.1 Å². The Morgan fingerprint density at radius 3 is 1.41 bits per heavy atom. The monoisotopic (exact) mass is 613 g/mol. The topological polar surface area (TPSA) is 46.6 Å². The van der Waals surface area contributed by atoms with Gasteiger partial charge in [0, 0.05) is 0 Å². The van der Waals surface area contributed by atoms with Crippen LogP contribution in [0.1, 0.15) is 27.8 Å². The number of ether oxygens (including phenoxy) is 1. The van der Waals surface area contributed by atoms with Crippen LogP contribution < -0.4 is 9.64 Å². The van der Waals surface area contributed by atoms with E-state index in [4.69, 9.17) is 4.74 Å². The minimum Gasteiger partial charge on any atom is -0.457 e. The van der Waals surface area contributed by atoms with E-state index in [0.29, 0.717) is 11.4 Å². The summed E-state index contributed by atoms with van der Waals surface area (Å²) in [5, 5.41) is 0. The SMILES string of the molecule is Cc1ccc(Oc2ccc(N3C(=O)[C@@H]4[C@H](C3=O)C3(Br)c5ccccc5C4(Br)c4ccccc43)cc2)cc1. The minimum absolute atomic E-state index is 0.202. The maximum atomic E-state index is 14.1. The van der Waals surface area contributed by atoms with E-state index >= 15 is 0 Å². The molecule has 4 aliphatic rings. The van der Waals surface area contributed by atoms with Crippen LogP contribution in [0.4, 0.5) is 5.69 Å². The van der Waals surface area contributed by atoms with Gasteiger partial charge in [-0.15, -0.1) is 0 Å². The molecule has 1 saturated heterocycles. The van der Waals surface area contributed by atoms with Gasteiger partial charge in [-0.05, 0) is 65.6 Å². The number of carbonyl (C=O) groups excluding carboxylic acids is 2. The molecule has 0 aromatic heterocycles. The molecule has 0 N–H and O–H groups in total. The van der Waals surface area contributed by atoms with E-state index in [1.165, 1.54) is 4.90 Å². The second-order valence-electron chi connectivity index (χ2n) is 9.89. The van der Waals surface area contributed by atoms with Gasteiger partial charge in [0.05, 0.1) is 26.2 Å². The van der Waals surface area contributed by atoms with Crippen LogP contribution in [-0.2, 0) is 18.2 Å². The fourth-order valence-corrected chi connectivity index (χ4v) is 8.63. The normalized spacial score (nSPS) is 27.1. The molecule has 4 nitrogen and oxygen atoms in total. The highest BCUT2D eigenvalue weighted by atomic mass is 79.9. The maximum Gasteiger partial charge on any atom is 0.239 e. The fourth-order valence-electron chi connectivity index (χ4n) is 6.33. The number of rotatable bonds is 3. The van der Waals surface area contributed by atoms with Crippen LogP contribution in [0.2, 0.25) is 0 Å². The van der Waals surface area contributed by atoms with Crippen LogP contribution in [0.3, 0.4) is 0 Å². The molecule has 1 heterocycles. The summed E-state index contributed by atoms with van der Waals surface area (Å²) in [6.45, 7) is 2.03. The van der Waals surface area contributed by atoms with Crippen LogP contribution in [0, 0.1) is 18.8 Å². The molecule has 4 aromatic rings. The second kappa shape index (κ2) is 7.89. The zero-order valence-corrected chi connectivity index (χ0v) is 23.0. The summed E-state index contributed by atoms with van der Waals surface area (Å²) >= 11 is 8.09. The van der Waals surface area contributed by atoms with E-state index in [2.05, 4.69) is 56.1 Å². The molecule has 37 heavy (non-hydrogen) atoms. The van der Waals surface area contributed by atoms with Crippen molar-refractivity contribution in [2.75, 3.05) is 4.90 Å². The zero-order valence-electron chi connectivity index (χ0n) is 19.8. The van der Waals surface area contributed by atoms with Crippen molar-refractivity contribution >= 4 is 49.4 Å². The molecule has 1 fully saturated rings. The van der Waals surface area contributed by atoms with Gasteiger partial charge in [-0.2, -0.15) is 0 Å². The molecule has 4 aromatic carbocycles. The Bertz CT molecular complexity index is 1470. The quantitative estimate of drug-likeness (QED) is 0.181. The molecule has 2 amide bonds. The number of hydrogen-bond acceptors (Lipinski definition) is 3. The predicted octanol–water partition coefficient (Wildman–Crippen LogP) is 7.20. The summed E-state index contributed by atoms with van der Waals surface area (Å²) in [6, 6.07) is 31.1. The van der Waals surface area contributed by atoms with Gasteiger partial charge < -0.3 is 4.74 Å². The number of hydrogen-bond donors (Lipinski definition) is 0. The van der Waals surface area contributed by atoms with Crippen LogP contribution >= 0.6 is 31.9 Å². The van der Waals surface area contributed by atoms with Gasteiger partial charge >= 0.3 is 0 Å². The molecule has 3 aliphatic carbocycles. The third kappa shape index (κ3) is 2.94. The molecule has 0 radical (unpaired) electrons. The lowest BCUT2D eigenvalue weighted by atomic mass is 9.54. The minimum atomic E-state index is -0.795. The lowest BCUT2D eigenvalue weighted by molar-refractivity contribution is -0.122. The highest BCUT2D eigenvalue weighted by molar-refractivity contribution is 9.10. The molecule has 182 valence electrons. The third-order valence-corrected chi connectivity index (χ3v) is 10.6. The van der Waals surface area contributed by atoms with Crippen molar-refractivity contribution in [3.8, 4) is 11.5 Å². The summed E-state index contributed by atoms with van der Waals surface area (Å²) in [5.74, 6) is -0.218. The molecule has 0 spiro atoms. The van der Waals surface area contributed by atoms with E-state index in [-0.39, 0.29) is 11.8 Å². The smallest absolute Gasteiger partial charge is 0.239 e. The van der Waals surface area contributed by atoms with Crippen LogP contribution in [0.5, 0.6) is 11.5 Å². The predicted molar refractivity (Wildman–Crippen MR) is 149 cm³/mol. The third-order valence-electron chi connectivity index (χ3n) is 7.94. The lowest BCUT2D eigenvalue weighted by Crippen LogP contribution is -2.56. The summed E-state index contributed by atoms with van der Waals surface area (Å²) in [6.07, 6.45) is 0. The molecular formula is C31H21Br2NO3. The fraction of sp³-hybridized carbons (Fsp3) is 0.161. The summed E-state index contributed by atoms with van der Waals surface area (Å²) < 4.78 is 4.37. The van der Waals surface area contributed by atoms with Crippen molar-refractivity contribution in [3.63, 3.8) is 0 Å². The molecule has 6 heteroatoms. The van der Waals surface area contributed by atoms with Crippen molar-refractivity contribution in [1.82, 2.24) is 0 Å². The molecule has 0 unspecified atom stereocenters. The summed E-state index contributed by atoms with van der Waals surface area (Å²) in [7, 11) is 0. The summed E-state index contributed by atoms with van der Waals surface area (Å²) in [4.78, 5) is 29.6. The first-order valence-corrected chi connectivity index (χ1v) is 13.7. The molecule has 1 aliphatic heterocycles. The molecule has 2 atom stereocenters. The highest BCUT2D eigenvalue weighted by Crippen LogP contribution is 2.70. The van der Waals surface area contributed by atoms with Crippen LogP contribution in [0.25, 0.3) is 0 Å². The number of amides is 2. The van der Waals surface area contributed by atoms with Gasteiger partial charge in [0.2, 0.25) is 11.8 Å². The van der Waals surface area contributed by atoms with Crippen molar-refractivity contribution in [2.24, 2.45) is 11.8 Å². The van der Waals surface area contributed by atoms with Crippen LogP contribution in [0.15, 0.2) is 97.1 Å². The number of benzene rings is 4. The Hall–Kier alpha value is -3.22. The number of alkyl halides is 2. The standard InChI is InChI=1S/C31H21Br2NO3/c1-18-10-14-20(15-11-18)37-21-16-12-19(13-17-21)34-28(35)26-27(29(34)36)31(33)23-7-3-2-6-22(23)30(26,32)24-8-4-5-9-25(24)31/h2-17,26-27H,1H3/t26-,27+,30?,31?. The van der Waals surface area contributed by atoms with E-state index in [1.54, 1.807) is 24.3 Å². The van der Waals surface area contributed by atoms with Crippen molar-refractivity contribution in [2.45, 2.75) is 15.6 Å². The van der Waals surface area contributed by atoms with Crippen molar-refractivity contribution < 1.29 is 14.3 Å². The number of halogens is 2. The Balaban J connectivity index is 1.31. The number of nitrogens with zero attached hydrogens (tertiary/aromatic N) is 1. The lowest BCUT2D eigenvalue weighted by Gasteiger charge is -2.55. The highest BCUT2D eigenvalue weighted by Gasteiger charge is 2.72. The van der Waals surface area contributed by atoms with Crippen LogP contribution in [-0.4, -0.2) is 11.8 Å². The van der Waals surface area contributed by atoms with E-state index in [0.717, 1.165) is 33.6 Å². The Kier molecular flexibility index (Phi) is 4.89. The Morgan fingerprint density at radius 2 is 1.00 bits per heavy atom. The number of carbonyl (C=O) groups is 2. The zero-order chi connectivity index (χ0) is 25.5. The Morgan fingerprint density at radius 1 is 0.622 bits per heavy atom. The molecule has 8 rings (SSSR count). The van der Waals surface area contributed by atoms with E-state index < -0.39 is 20.5 Å².